The summed E-state index contributed by atoms with van der Waals surface area (Å²) in [5.74, 6) is -2.94. The molecule has 1 rings (SSSR count). The van der Waals surface area contributed by atoms with E-state index in [4.69, 9.17) is 5.26 Å². The van der Waals surface area contributed by atoms with Gasteiger partial charge in [0.25, 0.3) is 0 Å². The number of benzene rings is 1. The smallest absolute Gasteiger partial charge is 0.254 e. The van der Waals surface area contributed by atoms with Crippen LogP contribution in [0.5, 0.6) is 0 Å². The molecule has 1 aromatic carbocycles. The fourth-order valence-electron chi connectivity index (χ4n) is 1.04. The van der Waals surface area contributed by atoms with Crippen LogP contribution in [0.3, 0.4) is 0 Å². The Hall–Kier alpha value is -0.870. The lowest BCUT2D eigenvalue weighted by Gasteiger charge is -2.12. The summed E-state index contributed by atoms with van der Waals surface area (Å²) in [5, 5.41) is 8.39. The molecule has 0 aromatic heterocycles. The van der Waals surface area contributed by atoms with Crippen molar-refractivity contribution in [3.63, 3.8) is 0 Å². The van der Waals surface area contributed by atoms with Gasteiger partial charge in [-0.25, -0.2) is 0 Å². The Morgan fingerprint density at radius 3 is 2.29 bits per heavy atom. The number of rotatable bonds is 3. The average molecular weight is 326 g/mol. The number of halogens is 4. The van der Waals surface area contributed by atoms with Crippen LogP contribution in [0, 0.1) is 17.2 Å². The van der Waals surface area contributed by atoms with E-state index in [0.717, 1.165) is 10.5 Å². The molecular weight excluding hydrogens is 319 g/mol. The van der Waals surface area contributed by atoms with Crippen LogP contribution >= 0.6 is 15.9 Å². The van der Waals surface area contributed by atoms with Crippen molar-refractivity contribution in [1.82, 2.24) is 0 Å². The molecule has 2 unspecified atom stereocenters. The van der Waals surface area contributed by atoms with E-state index in [2.05, 4.69) is 15.9 Å². The van der Waals surface area contributed by atoms with Gasteiger partial charge in [0.15, 0.2) is 5.92 Å². The normalized spacial score (nSPS) is 15.0. The molecule has 0 heterocycles. The van der Waals surface area contributed by atoms with E-state index in [0.29, 0.717) is 0 Å². The topological polar surface area (TPSA) is 40.9 Å². The van der Waals surface area contributed by atoms with Gasteiger partial charge in [0, 0.05) is 9.37 Å². The van der Waals surface area contributed by atoms with Crippen LogP contribution in [-0.4, -0.2) is 16.1 Å². The average Bonchev–Trinajstić information content (AvgIpc) is 2.24. The summed E-state index contributed by atoms with van der Waals surface area (Å²) >= 11 is 3.16. The first-order valence-corrected chi connectivity index (χ1v) is 6.56. The molecule has 0 aliphatic carbocycles. The first-order valence-electron chi connectivity index (χ1n) is 4.45. The van der Waals surface area contributed by atoms with Crippen molar-refractivity contribution >= 4 is 26.7 Å². The zero-order chi connectivity index (χ0) is 13.1. The summed E-state index contributed by atoms with van der Waals surface area (Å²) in [5.41, 5.74) is 0. The van der Waals surface area contributed by atoms with Crippen molar-refractivity contribution in [1.29, 1.82) is 5.26 Å². The van der Waals surface area contributed by atoms with Gasteiger partial charge in [-0.05, 0) is 24.3 Å². The maximum atomic E-state index is 12.3. The Bertz CT molecular complexity index is 452. The van der Waals surface area contributed by atoms with Gasteiger partial charge < -0.3 is 0 Å². The second-order valence-corrected chi connectivity index (χ2v) is 5.60. The highest BCUT2D eigenvalue weighted by Crippen LogP contribution is 2.27. The molecule has 1 aromatic rings. The van der Waals surface area contributed by atoms with Crippen LogP contribution in [0.4, 0.5) is 13.2 Å². The standard InChI is InChI=1S/C10H7BrF3NOS/c11-8-1-3-9(4-2-8)17(16)6-7(5-15)10(12,13)14/h1-4,7H,6H2. The van der Waals surface area contributed by atoms with Crippen molar-refractivity contribution in [2.75, 3.05) is 5.75 Å². The van der Waals surface area contributed by atoms with Gasteiger partial charge >= 0.3 is 6.18 Å². The van der Waals surface area contributed by atoms with E-state index >= 15 is 0 Å². The highest BCUT2D eigenvalue weighted by Gasteiger charge is 2.41. The molecule has 17 heavy (non-hydrogen) atoms. The van der Waals surface area contributed by atoms with Gasteiger partial charge in [-0.2, -0.15) is 18.4 Å². The van der Waals surface area contributed by atoms with Gasteiger partial charge in [-0.3, -0.25) is 4.21 Å². The molecule has 0 aliphatic heterocycles. The van der Waals surface area contributed by atoms with E-state index < -0.39 is 28.6 Å². The summed E-state index contributed by atoms with van der Waals surface area (Å²) in [6.45, 7) is 0. The Balaban J connectivity index is 2.79. The van der Waals surface area contributed by atoms with Crippen molar-refractivity contribution in [2.24, 2.45) is 5.92 Å². The van der Waals surface area contributed by atoms with E-state index in [1.54, 1.807) is 12.1 Å². The number of nitriles is 1. The van der Waals surface area contributed by atoms with Crippen LogP contribution in [0.25, 0.3) is 0 Å². The van der Waals surface area contributed by atoms with Gasteiger partial charge in [0.1, 0.15) is 0 Å². The maximum Gasteiger partial charge on any atom is 0.405 e. The predicted octanol–water partition coefficient (Wildman–Crippen LogP) is 3.26. The summed E-state index contributed by atoms with van der Waals surface area (Å²) in [6, 6.07) is 7.22. The Labute approximate surface area is 107 Å². The predicted molar refractivity (Wildman–Crippen MR) is 60.6 cm³/mol. The quantitative estimate of drug-likeness (QED) is 0.855. The summed E-state index contributed by atoms with van der Waals surface area (Å²) in [7, 11) is -1.83. The van der Waals surface area contributed by atoms with E-state index in [1.807, 2.05) is 0 Å². The number of alkyl halides is 3. The molecule has 0 radical (unpaired) electrons. The number of hydrogen-bond acceptors (Lipinski definition) is 2. The molecular formula is C10H7BrF3NOS. The molecule has 0 saturated heterocycles. The lowest BCUT2D eigenvalue weighted by Crippen LogP contribution is -2.26. The third-order valence-corrected chi connectivity index (χ3v) is 3.91. The van der Waals surface area contributed by atoms with E-state index in [9.17, 15) is 17.4 Å². The van der Waals surface area contributed by atoms with Crippen molar-refractivity contribution in [3.05, 3.63) is 28.7 Å². The minimum Gasteiger partial charge on any atom is -0.254 e. The zero-order valence-electron chi connectivity index (χ0n) is 8.37. The van der Waals surface area contributed by atoms with E-state index in [-0.39, 0.29) is 4.90 Å². The Morgan fingerprint density at radius 2 is 1.88 bits per heavy atom. The molecule has 7 heteroatoms. The summed E-state index contributed by atoms with van der Waals surface area (Å²) in [6.07, 6.45) is -4.64. The van der Waals surface area contributed by atoms with Crippen LogP contribution in [0.2, 0.25) is 0 Å². The summed E-state index contributed by atoms with van der Waals surface area (Å²) in [4.78, 5) is 0.276. The maximum absolute atomic E-state index is 12.3. The monoisotopic (exact) mass is 325 g/mol. The molecule has 0 fully saturated rings. The third-order valence-electron chi connectivity index (χ3n) is 1.95. The van der Waals surface area contributed by atoms with Gasteiger partial charge in [0.2, 0.25) is 0 Å². The van der Waals surface area contributed by atoms with Gasteiger partial charge in [-0.15, -0.1) is 0 Å². The molecule has 0 saturated carbocycles. The minimum atomic E-state index is -4.64. The van der Waals surface area contributed by atoms with Gasteiger partial charge in [-0.1, -0.05) is 15.9 Å². The van der Waals surface area contributed by atoms with Crippen molar-refractivity contribution < 1.29 is 17.4 Å². The molecule has 92 valence electrons. The van der Waals surface area contributed by atoms with Crippen LogP contribution in [0.15, 0.2) is 33.6 Å². The lowest BCUT2D eigenvalue weighted by atomic mass is 10.2. The number of hydrogen-bond donors (Lipinski definition) is 0. The third kappa shape index (κ3) is 4.13. The molecule has 0 spiro atoms. The first kappa shape index (κ1) is 14.2. The minimum absolute atomic E-state index is 0.276. The highest BCUT2D eigenvalue weighted by atomic mass is 79.9. The molecule has 2 atom stereocenters. The number of nitrogens with zero attached hydrogens (tertiary/aromatic N) is 1. The van der Waals surface area contributed by atoms with Crippen molar-refractivity contribution in [2.45, 2.75) is 11.1 Å². The molecule has 0 aliphatic rings. The Morgan fingerprint density at radius 1 is 1.35 bits per heavy atom. The largest absolute Gasteiger partial charge is 0.405 e. The second kappa shape index (κ2) is 5.65. The highest BCUT2D eigenvalue weighted by molar-refractivity contribution is 9.10. The van der Waals surface area contributed by atoms with Crippen LogP contribution < -0.4 is 0 Å². The molecule has 0 bridgehead atoms. The molecule has 0 N–H and O–H groups in total. The SMILES string of the molecule is N#CC(CS(=O)c1ccc(Br)cc1)C(F)(F)F. The first-order chi connectivity index (χ1) is 7.84. The fourth-order valence-corrected chi connectivity index (χ4v) is 2.50. The second-order valence-electron chi connectivity index (χ2n) is 3.19. The van der Waals surface area contributed by atoms with Crippen LogP contribution in [-0.2, 0) is 10.8 Å². The zero-order valence-corrected chi connectivity index (χ0v) is 10.8. The van der Waals surface area contributed by atoms with Gasteiger partial charge in [0.05, 0.1) is 22.6 Å². The molecule has 2 nitrogen and oxygen atoms in total. The van der Waals surface area contributed by atoms with Crippen molar-refractivity contribution in [3.8, 4) is 6.07 Å². The summed E-state index contributed by atoms with van der Waals surface area (Å²) < 4.78 is 49.2. The fraction of sp³-hybridized carbons (Fsp3) is 0.300. The lowest BCUT2D eigenvalue weighted by molar-refractivity contribution is -0.153. The molecule has 0 amide bonds. The van der Waals surface area contributed by atoms with E-state index in [1.165, 1.54) is 12.1 Å². The Kier molecular flexibility index (Phi) is 4.71. The van der Waals surface area contributed by atoms with Crippen LogP contribution in [0.1, 0.15) is 0 Å².